The number of nitrogens with zero attached hydrogens (tertiary/aromatic N) is 2. The maximum absolute atomic E-state index is 6.65. The molecule has 0 amide bonds. The second-order valence-corrected chi connectivity index (χ2v) is 9.93. The van der Waals surface area contributed by atoms with Crippen LogP contribution in [0.15, 0.2) is 12.3 Å². The van der Waals surface area contributed by atoms with E-state index in [1.807, 2.05) is 17.5 Å². The molecular formula is C24H34N2O3S. The van der Waals surface area contributed by atoms with Gasteiger partial charge in [0.05, 0.1) is 24.7 Å². The molecule has 2 aromatic rings. The molecule has 0 aromatic carbocycles. The molecule has 0 unspecified atom stereocenters. The van der Waals surface area contributed by atoms with Crippen molar-refractivity contribution in [2.24, 2.45) is 0 Å². The molecule has 0 N–H and O–H groups in total. The van der Waals surface area contributed by atoms with Crippen LogP contribution in [0.2, 0.25) is 0 Å². The van der Waals surface area contributed by atoms with Crippen molar-refractivity contribution in [2.75, 3.05) is 39.5 Å². The minimum Gasteiger partial charge on any atom is -0.490 e. The number of rotatable bonds is 7. The van der Waals surface area contributed by atoms with Crippen LogP contribution in [0.4, 0.5) is 0 Å². The molecule has 6 heteroatoms. The lowest BCUT2D eigenvalue weighted by molar-refractivity contribution is -0.000920. The SMILES string of the molecule is CCOCC[C@H]1CCc2sc3nccc(O[C@H]4CC[C@H](N5CCOCC5)CC4)c3c21. The van der Waals surface area contributed by atoms with E-state index >= 15 is 0 Å². The number of thiophene rings is 1. The van der Waals surface area contributed by atoms with Gasteiger partial charge < -0.3 is 14.2 Å². The molecule has 3 heterocycles. The van der Waals surface area contributed by atoms with Crippen molar-refractivity contribution < 1.29 is 14.2 Å². The number of aromatic nitrogens is 1. The van der Waals surface area contributed by atoms with Gasteiger partial charge in [-0.1, -0.05) is 0 Å². The fraction of sp³-hybridized carbons (Fsp3) is 0.708. The number of ether oxygens (including phenoxy) is 3. The van der Waals surface area contributed by atoms with Gasteiger partial charge >= 0.3 is 0 Å². The van der Waals surface area contributed by atoms with E-state index in [-0.39, 0.29) is 0 Å². The molecule has 2 aliphatic carbocycles. The van der Waals surface area contributed by atoms with Crippen molar-refractivity contribution in [3.63, 3.8) is 0 Å². The summed E-state index contributed by atoms with van der Waals surface area (Å²) in [5.41, 5.74) is 1.51. The Balaban J connectivity index is 1.28. The second-order valence-electron chi connectivity index (χ2n) is 8.85. The Hall–Kier alpha value is -1.21. The van der Waals surface area contributed by atoms with E-state index in [0.29, 0.717) is 18.1 Å². The first-order chi connectivity index (χ1) is 14.8. The van der Waals surface area contributed by atoms with Gasteiger partial charge in [-0.3, -0.25) is 4.90 Å². The van der Waals surface area contributed by atoms with Crippen LogP contribution in [0.3, 0.4) is 0 Å². The van der Waals surface area contributed by atoms with Crippen LogP contribution in [-0.2, 0) is 15.9 Å². The van der Waals surface area contributed by atoms with Gasteiger partial charge in [-0.25, -0.2) is 4.98 Å². The topological polar surface area (TPSA) is 43.8 Å². The average molecular weight is 431 g/mol. The Labute approximate surface area is 183 Å². The number of morpholine rings is 1. The second kappa shape index (κ2) is 9.51. The van der Waals surface area contributed by atoms with E-state index in [1.54, 1.807) is 0 Å². The molecule has 2 aromatic heterocycles. The van der Waals surface area contributed by atoms with E-state index in [0.717, 1.165) is 69.4 Å². The number of fused-ring (bicyclic) bond motifs is 3. The summed E-state index contributed by atoms with van der Waals surface area (Å²) in [5, 5.41) is 1.30. The zero-order valence-electron chi connectivity index (χ0n) is 18.1. The Kier molecular flexibility index (Phi) is 6.56. The van der Waals surface area contributed by atoms with E-state index in [9.17, 15) is 0 Å². The van der Waals surface area contributed by atoms with Crippen LogP contribution in [0.25, 0.3) is 10.2 Å². The quantitative estimate of drug-likeness (QED) is 0.592. The van der Waals surface area contributed by atoms with Gasteiger partial charge in [0, 0.05) is 43.4 Å². The van der Waals surface area contributed by atoms with Crippen molar-refractivity contribution in [3.8, 4) is 5.75 Å². The van der Waals surface area contributed by atoms with Gasteiger partial charge in [0.2, 0.25) is 0 Å². The molecule has 1 saturated heterocycles. The molecule has 0 spiro atoms. The van der Waals surface area contributed by atoms with Crippen LogP contribution in [0.5, 0.6) is 5.75 Å². The molecular weight excluding hydrogens is 396 g/mol. The number of aryl methyl sites for hydroxylation is 1. The zero-order chi connectivity index (χ0) is 20.3. The summed E-state index contributed by atoms with van der Waals surface area (Å²) in [6.45, 7) is 7.67. The third-order valence-electron chi connectivity index (χ3n) is 7.11. The van der Waals surface area contributed by atoms with Crippen molar-refractivity contribution in [1.82, 2.24) is 9.88 Å². The van der Waals surface area contributed by atoms with E-state index in [4.69, 9.17) is 19.2 Å². The lowest BCUT2D eigenvalue weighted by atomic mass is 9.91. The smallest absolute Gasteiger partial charge is 0.131 e. The molecule has 5 rings (SSSR count). The molecule has 164 valence electrons. The van der Waals surface area contributed by atoms with E-state index in [1.165, 1.54) is 41.5 Å². The minimum atomic E-state index is 0.326. The predicted octanol–water partition coefficient (Wildman–Crippen LogP) is 4.77. The molecule has 5 nitrogen and oxygen atoms in total. The summed E-state index contributed by atoms with van der Waals surface area (Å²) in [5.74, 6) is 1.65. The van der Waals surface area contributed by atoms with Gasteiger partial charge in [0.15, 0.2) is 0 Å². The summed E-state index contributed by atoms with van der Waals surface area (Å²) in [6.07, 6.45) is 10.5. The highest BCUT2D eigenvalue weighted by molar-refractivity contribution is 7.19. The van der Waals surface area contributed by atoms with Gasteiger partial charge in [0.1, 0.15) is 10.6 Å². The fourth-order valence-electron chi connectivity index (χ4n) is 5.54. The third kappa shape index (κ3) is 4.24. The summed E-state index contributed by atoms with van der Waals surface area (Å²) < 4.78 is 17.8. The molecule has 1 atom stereocenters. The van der Waals surface area contributed by atoms with Crippen LogP contribution in [-0.4, -0.2) is 61.5 Å². The minimum absolute atomic E-state index is 0.326. The van der Waals surface area contributed by atoms with Gasteiger partial charge in [-0.05, 0) is 69.4 Å². The fourth-order valence-corrected chi connectivity index (χ4v) is 6.79. The van der Waals surface area contributed by atoms with Crippen molar-refractivity contribution >= 4 is 21.6 Å². The van der Waals surface area contributed by atoms with E-state index < -0.39 is 0 Å². The largest absolute Gasteiger partial charge is 0.490 e. The molecule has 2 fully saturated rings. The van der Waals surface area contributed by atoms with Gasteiger partial charge in [-0.15, -0.1) is 11.3 Å². The Morgan fingerprint density at radius 3 is 2.80 bits per heavy atom. The van der Waals surface area contributed by atoms with Crippen LogP contribution in [0.1, 0.15) is 61.8 Å². The van der Waals surface area contributed by atoms with Crippen molar-refractivity contribution in [3.05, 3.63) is 22.7 Å². The summed E-state index contributed by atoms with van der Waals surface area (Å²) >= 11 is 1.87. The normalized spacial score (nSPS) is 27.4. The Morgan fingerprint density at radius 1 is 1.17 bits per heavy atom. The number of hydrogen-bond donors (Lipinski definition) is 0. The monoisotopic (exact) mass is 430 g/mol. The van der Waals surface area contributed by atoms with Crippen LogP contribution in [0, 0.1) is 0 Å². The predicted molar refractivity (Wildman–Crippen MR) is 121 cm³/mol. The lowest BCUT2D eigenvalue weighted by Crippen LogP contribution is -2.46. The first-order valence-corrected chi connectivity index (χ1v) is 12.6. The summed E-state index contributed by atoms with van der Waals surface area (Å²) in [4.78, 5) is 9.99. The maximum Gasteiger partial charge on any atom is 0.131 e. The number of pyridine rings is 1. The van der Waals surface area contributed by atoms with Crippen molar-refractivity contribution in [1.29, 1.82) is 0 Å². The van der Waals surface area contributed by atoms with Crippen LogP contribution >= 0.6 is 11.3 Å². The highest BCUT2D eigenvalue weighted by Gasteiger charge is 2.31. The summed E-state index contributed by atoms with van der Waals surface area (Å²) in [6, 6.07) is 2.81. The molecule has 1 saturated carbocycles. The zero-order valence-corrected chi connectivity index (χ0v) is 18.9. The molecule has 0 radical (unpaired) electrons. The third-order valence-corrected chi connectivity index (χ3v) is 8.28. The van der Waals surface area contributed by atoms with Gasteiger partial charge in [0.25, 0.3) is 0 Å². The molecule has 3 aliphatic rings. The number of hydrogen-bond acceptors (Lipinski definition) is 6. The molecule has 0 bridgehead atoms. The van der Waals surface area contributed by atoms with Crippen LogP contribution < -0.4 is 4.74 Å². The van der Waals surface area contributed by atoms with Gasteiger partial charge in [-0.2, -0.15) is 0 Å². The first kappa shape index (κ1) is 20.7. The Morgan fingerprint density at radius 2 is 2.00 bits per heavy atom. The summed E-state index contributed by atoms with van der Waals surface area (Å²) in [7, 11) is 0. The average Bonchev–Trinajstić information content (AvgIpc) is 3.35. The lowest BCUT2D eigenvalue weighted by Gasteiger charge is -2.38. The highest BCUT2D eigenvalue weighted by Crippen LogP contribution is 2.48. The standard InChI is InChI=1S/C24H34N2O3S/c1-2-27-14-10-17-3-8-21-22(17)23-20(9-11-25-24(23)30-21)29-19-6-4-18(5-7-19)26-12-15-28-16-13-26/h9,11,17-19H,2-8,10,12-16H2,1H3/t17-,18-,19-/m1/s1. The maximum atomic E-state index is 6.65. The first-order valence-electron chi connectivity index (χ1n) is 11.8. The van der Waals surface area contributed by atoms with E-state index in [2.05, 4.69) is 17.9 Å². The highest BCUT2D eigenvalue weighted by atomic mass is 32.1. The Bertz CT molecular complexity index is 840. The molecule has 1 aliphatic heterocycles. The molecule has 30 heavy (non-hydrogen) atoms. The van der Waals surface area contributed by atoms with Crippen molar-refractivity contribution in [2.45, 2.75) is 69.9 Å².